The van der Waals surface area contributed by atoms with Crippen LogP contribution in [0.1, 0.15) is 19.8 Å². The topological polar surface area (TPSA) is 21.3 Å². The Bertz CT molecular complexity index is 180. The van der Waals surface area contributed by atoms with Crippen molar-refractivity contribution in [2.45, 2.75) is 25.3 Å². The van der Waals surface area contributed by atoms with Crippen LogP contribution in [0.2, 0.25) is 0 Å². The van der Waals surface area contributed by atoms with Crippen LogP contribution in [0, 0.1) is 0 Å². The fraction of sp³-hybridized carbons (Fsp3) is 0.778. The van der Waals surface area contributed by atoms with Crippen LogP contribution < -0.4 is 5.32 Å². The highest BCUT2D eigenvalue weighted by molar-refractivity contribution is 5.24. The molecule has 2 rings (SSSR count). The molecule has 0 bridgehead atoms. The standard InChI is InChI=1S/C9H15NO/c1-8-2-5-10-9(8)3-6-11-7-4-9/h2,10H,3-7H2,1H3. The van der Waals surface area contributed by atoms with E-state index in [0.29, 0.717) is 5.54 Å². The third kappa shape index (κ3) is 1.10. The molecule has 2 nitrogen and oxygen atoms in total. The molecule has 0 unspecified atom stereocenters. The second-order valence-corrected chi connectivity index (χ2v) is 3.46. The Hall–Kier alpha value is -0.340. The number of nitrogens with one attached hydrogen (secondary N) is 1. The summed E-state index contributed by atoms with van der Waals surface area (Å²) in [7, 11) is 0. The van der Waals surface area contributed by atoms with Crippen LogP contribution in [0.25, 0.3) is 0 Å². The molecule has 2 aliphatic heterocycles. The van der Waals surface area contributed by atoms with E-state index in [1.807, 2.05) is 0 Å². The van der Waals surface area contributed by atoms with Crippen LogP contribution in [0.3, 0.4) is 0 Å². The minimum atomic E-state index is 0.318. The smallest absolute Gasteiger partial charge is 0.0486 e. The van der Waals surface area contributed by atoms with E-state index in [2.05, 4.69) is 18.3 Å². The summed E-state index contributed by atoms with van der Waals surface area (Å²) in [5, 5.41) is 3.55. The van der Waals surface area contributed by atoms with Crippen LogP contribution in [0.4, 0.5) is 0 Å². The van der Waals surface area contributed by atoms with Gasteiger partial charge >= 0.3 is 0 Å². The highest BCUT2D eigenvalue weighted by atomic mass is 16.5. The number of ether oxygens (including phenoxy) is 1. The predicted molar refractivity (Wildman–Crippen MR) is 44.5 cm³/mol. The van der Waals surface area contributed by atoms with Gasteiger partial charge in [0.25, 0.3) is 0 Å². The van der Waals surface area contributed by atoms with Crippen molar-refractivity contribution in [3.63, 3.8) is 0 Å². The minimum Gasteiger partial charge on any atom is -0.381 e. The van der Waals surface area contributed by atoms with Crippen molar-refractivity contribution in [2.24, 2.45) is 0 Å². The van der Waals surface area contributed by atoms with Crippen LogP contribution in [-0.2, 0) is 4.74 Å². The Kier molecular flexibility index (Phi) is 1.74. The van der Waals surface area contributed by atoms with Crippen LogP contribution in [0.5, 0.6) is 0 Å². The molecule has 0 aromatic rings. The Morgan fingerprint density at radius 1 is 1.45 bits per heavy atom. The first-order valence-corrected chi connectivity index (χ1v) is 4.33. The average Bonchev–Trinajstić information content (AvgIpc) is 2.36. The Balaban J connectivity index is 2.14. The number of hydrogen-bond donors (Lipinski definition) is 1. The second kappa shape index (κ2) is 2.61. The third-order valence-electron chi connectivity index (χ3n) is 2.95. The summed E-state index contributed by atoms with van der Waals surface area (Å²) >= 11 is 0. The van der Waals surface area contributed by atoms with Crippen molar-refractivity contribution in [1.29, 1.82) is 0 Å². The van der Waals surface area contributed by atoms with Crippen molar-refractivity contribution in [2.75, 3.05) is 19.8 Å². The highest BCUT2D eigenvalue weighted by Crippen LogP contribution is 2.31. The molecule has 2 heteroatoms. The van der Waals surface area contributed by atoms with Gasteiger partial charge in [-0.1, -0.05) is 11.6 Å². The van der Waals surface area contributed by atoms with Gasteiger partial charge in [0.1, 0.15) is 0 Å². The van der Waals surface area contributed by atoms with Crippen molar-refractivity contribution in [1.82, 2.24) is 5.32 Å². The SMILES string of the molecule is CC1=CCNC12CCOCC2. The zero-order chi connectivity index (χ0) is 7.73. The molecule has 0 amide bonds. The molecule has 0 saturated carbocycles. The molecular weight excluding hydrogens is 138 g/mol. The van der Waals surface area contributed by atoms with Gasteiger partial charge in [-0.2, -0.15) is 0 Å². The quantitative estimate of drug-likeness (QED) is 0.526. The van der Waals surface area contributed by atoms with Crippen LogP contribution in [-0.4, -0.2) is 25.3 Å². The summed E-state index contributed by atoms with van der Waals surface area (Å²) in [6.07, 6.45) is 4.59. The maximum atomic E-state index is 5.34. The van der Waals surface area contributed by atoms with Crippen molar-refractivity contribution >= 4 is 0 Å². The monoisotopic (exact) mass is 153 g/mol. The zero-order valence-corrected chi connectivity index (χ0v) is 7.02. The lowest BCUT2D eigenvalue weighted by Crippen LogP contribution is -2.46. The number of rotatable bonds is 0. The van der Waals surface area contributed by atoms with E-state index in [1.165, 1.54) is 5.57 Å². The first-order valence-electron chi connectivity index (χ1n) is 4.33. The van der Waals surface area contributed by atoms with E-state index < -0.39 is 0 Å². The maximum absolute atomic E-state index is 5.34. The molecule has 0 aromatic carbocycles. The van der Waals surface area contributed by atoms with Gasteiger partial charge in [-0.15, -0.1) is 0 Å². The molecule has 1 N–H and O–H groups in total. The van der Waals surface area contributed by atoms with E-state index in [9.17, 15) is 0 Å². The Morgan fingerprint density at radius 2 is 2.18 bits per heavy atom. The molecule has 1 saturated heterocycles. The molecule has 0 radical (unpaired) electrons. The molecule has 0 atom stereocenters. The first-order chi connectivity index (χ1) is 5.33. The molecule has 11 heavy (non-hydrogen) atoms. The van der Waals surface area contributed by atoms with Gasteiger partial charge in [0.15, 0.2) is 0 Å². The highest BCUT2D eigenvalue weighted by Gasteiger charge is 2.35. The molecule has 2 aliphatic rings. The van der Waals surface area contributed by atoms with Crippen molar-refractivity contribution in [3.05, 3.63) is 11.6 Å². The lowest BCUT2D eigenvalue weighted by molar-refractivity contribution is 0.0559. The summed E-state index contributed by atoms with van der Waals surface area (Å²) in [5.74, 6) is 0. The lowest BCUT2D eigenvalue weighted by atomic mass is 9.85. The second-order valence-electron chi connectivity index (χ2n) is 3.46. The summed E-state index contributed by atoms with van der Waals surface area (Å²) < 4.78 is 5.34. The Morgan fingerprint density at radius 3 is 2.73 bits per heavy atom. The van der Waals surface area contributed by atoms with Crippen LogP contribution in [0.15, 0.2) is 11.6 Å². The van der Waals surface area contributed by atoms with E-state index in [4.69, 9.17) is 4.74 Å². The first kappa shape index (κ1) is 7.32. The van der Waals surface area contributed by atoms with Crippen LogP contribution >= 0.6 is 0 Å². The Labute approximate surface area is 67.6 Å². The molecule has 1 fully saturated rings. The molecule has 2 heterocycles. The van der Waals surface area contributed by atoms with Crippen molar-refractivity contribution < 1.29 is 4.74 Å². The average molecular weight is 153 g/mol. The van der Waals surface area contributed by atoms with Gasteiger partial charge in [-0.3, -0.25) is 0 Å². The summed E-state index contributed by atoms with van der Waals surface area (Å²) in [6.45, 7) is 5.10. The summed E-state index contributed by atoms with van der Waals surface area (Å²) in [6, 6.07) is 0. The van der Waals surface area contributed by atoms with Crippen molar-refractivity contribution in [3.8, 4) is 0 Å². The minimum absolute atomic E-state index is 0.318. The van der Waals surface area contributed by atoms with Gasteiger partial charge < -0.3 is 10.1 Å². The van der Waals surface area contributed by atoms with E-state index in [-0.39, 0.29) is 0 Å². The summed E-state index contributed by atoms with van der Waals surface area (Å²) in [5.41, 5.74) is 1.83. The maximum Gasteiger partial charge on any atom is 0.0486 e. The fourth-order valence-electron chi connectivity index (χ4n) is 2.03. The molecular formula is C9H15NO. The normalized spacial score (nSPS) is 29.0. The summed E-state index contributed by atoms with van der Waals surface area (Å²) in [4.78, 5) is 0. The molecule has 0 aromatic heterocycles. The van der Waals surface area contributed by atoms with Gasteiger partial charge in [-0.25, -0.2) is 0 Å². The number of hydrogen-bond acceptors (Lipinski definition) is 2. The fourth-order valence-corrected chi connectivity index (χ4v) is 2.03. The van der Waals surface area contributed by atoms with E-state index in [1.54, 1.807) is 0 Å². The molecule has 62 valence electrons. The van der Waals surface area contributed by atoms with Gasteiger partial charge in [0, 0.05) is 25.3 Å². The van der Waals surface area contributed by atoms with Gasteiger partial charge in [-0.05, 0) is 19.8 Å². The zero-order valence-electron chi connectivity index (χ0n) is 7.02. The lowest BCUT2D eigenvalue weighted by Gasteiger charge is -2.35. The van der Waals surface area contributed by atoms with E-state index >= 15 is 0 Å². The predicted octanol–water partition coefficient (Wildman–Crippen LogP) is 1.09. The van der Waals surface area contributed by atoms with E-state index in [0.717, 1.165) is 32.6 Å². The molecule has 0 aliphatic carbocycles. The third-order valence-corrected chi connectivity index (χ3v) is 2.95. The largest absolute Gasteiger partial charge is 0.381 e. The molecule has 1 spiro atoms. The van der Waals surface area contributed by atoms with Gasteiger partial charge in [0.2, 0.25) is 0 Å². The van der Waals surface area contributed by atoms with Gasteiger partial charge in [0.05, 0.1) is 0 Å².